The molecule has 1 saturated heterocycles. The predicted molar refractivity (Wildman–Crippen MR) is 145 cm³/mol. The summed E-state index contributed by atoms with van der Waals surface area (Å²) in [6.45, 7) is 4.07. The highest BCUT2D eigenvalue weighted by Gasteiger charge is 2.54. The molecule has 3 atom stereocenters. The van der Waals surface area contributed by atoms with E-state index in [1.807, 2.05) is 12.2 Å². The van der Waals surface area contributed by atoms with Crippen LogP contribution in [-0.2, 0) is 25.8 Å². The lowest BCUT2D eigenvalue weighted by Crippen LogP contribution is -2.71. The average molecular weight is 590 g/mol. The van der Waals surface area contributed by atoms with Gasteiger partial charge in [0.1, 0.15) is 28.9 Å². The minimum atomic E-state index is -1.22. The van der Waals surface area contributed by atoms with Crippen molar-refractivity contribution in [1.29, 1.82) is 0 Å². The second-order valence-corrected chi connectivity index (χ2v) is 11.4. The van der Waals surface area contributed by atoms with Crippen LogP contribution in [0.15, 0.2) is 51.8 Å². The molecule has 2 aromatic rings. The number of oxime groups is 1. The Morgan fingerprint density at radius 3 is 2.97 bits per heavy atom. The van der Waals surface area contributed by atoms with E-state index in [0.717, 1.165) is 24.2 Å². The van der Waals surface area contributed by atoms with Crippen molar-refractivity contribution in [3.63, 3.8) is 0 Å². The molecular formula is C22H23N9O5S3. The standard InChI is InChI=1S/C22H23N9O5S3/c1-2-7-30-22(26-28-29-30)39-9-11-8-37-19-15(18(33)31(19)16(11)20(34)35)25-17(32)14(13-10-38-21(23)24-13)27-36-12-5-3-4-6-12/h2-3,5,10,12,15,19H,1,4,6-9H2,(H2,23,24)(H,25,32)(H,34,35)/t12?,15?,19-/m1/s1. The van der Waals surface area contributed by atoms with Crippen LogP contribution in [0.4, 0.5) is 5.13 Å². The van der Waals surface area contributed by atoms with Crippen LogP contribution in [0.2, 0.25) is 0 Å². The number of carbonyl (C=O) groups is 3. The smallest absolute Gasteiger partial charge is 0.352 e. The Morgan fingerprint density at radius 2 is 2.28 bits per heavy atom. The van der Waals surface area contributed by atoms with Crippen molar-refractivity contribution in [2.24, 2.45) is 5.16 Å². The quantitative estimate of drug-likeness (QED) is 0.110. The lowest BCUT2D eigenvalue weighted by molar-refractivity contribution is -0.150. The number of nitrogens with two attached hydrogens (primary N) is 1. The third-order valence-corrected chi connectivity index (χ3v) is 9.00. The Kier molecular flexibility index (Phi) is 7.99. The topological polar surface area (TPSA) is 191 Å². The van der Waals surface area contributed by atoms with Gasteiger partial charge in [0.05, 0.1) is 6.54 Å². The molecule has 2 aliphatic heterocycles. The first kappa shape index (κ1) is 26.9. The molecule has 2 unspecified atom stereocenters. The van der Waals surface area contributed by atoms with Gasteiger partial charge in [0.15, 0.2) is 10.8 Å². The average Bonchev–Trinajstić information content (AvgIpc) is 3.69. The summed E-state index contributed by atoms with van der Waals surface area (Å²) < 4.78 is 1.54. The van der Waals surface area contributed by atoms with Gasteiger partial charge in [-0.15, -0.1) is 34.8 Å². The number of rotatable bonds is 11. The Labute approximate surface area is 234 Å². The molecule has 1 fully saturated rings. The SMILES string of the molecule is C=CCn1nnnc1SCC1=C(C(=O)O)N2C(=O)C(NC(=O)C(=NOC3C=CCC3)c3csc(N)n3)[C@H]2SC1. The summed E-state index contributed by atoms with van der Waals surface area (Å²) in [6, 6.07) is -0.946. The minimum Gasteiger partial charge on any atom is -0.477 e. The number of hydrogen-bond acceptors (Lipinski definition) is 13. The fraction of sp³-hybridized carbons (Fsp3) is 0.364. The fourth-order valence-corrected chi connectivity index (χ4v) is 7.03. The van der Waals surface area contributed by atoms with Crippen LogP contribution in [0.3, 0.4) is 0 Å². The zero-order valence-corrected chi connectivity index (χ0v) is 22.7. The van der Waals surface area contributed by atoms with E-state index in [9.17, 15) is 19.5 Å². The number of hydrogen-bond donors (Lipinski definition) is 3. The molecule has 1 aliphatic carbocycles. The number of tetrazole rings is 1. The summed E-state index contributed by atoms with van der Waals surface area (Å²) in [6.07, 6.45) is 6.79. The van der Waals surface area contributed by atoms with Gasteiger partial charge in [0, 0.05) is 16.9 Å². The molecule has 0 bridgehead atoms. The van der Waals surface area contributed by atoms with Crippen LogP contribution < -0.4 is 11.1 Å². The number of nitrogen functional groups attached to an aromatic ring is 1. The number of nitrogens with one attached hydrogen (secondary N) is 1. The van der Waals surface area contributed by atoms with E-state index in [-0.39, 0.29) is 34.1 Å². The second-order valence-electron chi connectivity index (χ2n) is 8.50. The number of amides is 2. The first-order valence-electron chi connectivity index (χ1n) is 11.7. The second kappa shape index (κ2) is 11.6. The van der Waals surface area contributed by atoms with E-state index >= 15 is 0 Å². The maximum absolute atomic E-state index is 13.2. The van der Waals surface area contributed by atoms with Crippen LogP contribution in [0, 0.1) is 0 Å². The highest BCUT2D eigenvalue weighted by atomic mass is 32.2. The number of thiazole rings is 1. The minimum absolute atomic E-state index is 0.0954. The molecule has 0 saturated carbocycles. The van der Waals surface area contributed by atoms with Crippen LogP contribution in [0.1, 0.15) is 18.5 Å². The number of allylic oxidation sites excluding steroid dienone is 2. The summed E-state index contributed by atoms with van der Waals surface area (Å²) in [7, 11) is 0. The highest BCUT2D eigenvalue weighted by molar-refractivity contribution is 8.01. The maximum Gasteiger partial charge on any atom is 0.352 e. The van der Waals surface area contributed by atoms with E-state index in [2.05, 4.69) is 37.6 Å². The molecule has 39 heavy (non-hydrogen) atoms. The number of carboxylic acids is 1. The van der Waals surface area contributed by atoms with Gasteiger partial charge in [-0.05, 0) is 34.9 Å². The van der Waals surface area contributed by atoms with Crippen molar-refractivity contribution in [2.75, 3.05) is 17.2 Å². The van der Waals surface area contributed by atoms with Crippen LogP contribution >= 0.6 is 34.9 Å². The highest BCUT2D eigenvalue weighted by Crippen LogP contribution is 2.41. The van der Waals surface area contributed by atoms with Crippen molar-refractivity contribution < 1.29 is 24.3 Å². The normalized spacial score (nSPS) is 22.5. The molecular weight excluding hydrogens is 567 g/mol. The van der Waals surface area contributed by atoms with Crippen molar-refractivity contribution in [1.82, 2.24) is 35.4 Å². The first-order chi connectivity index (χ1) is 18.9. The summed E-state index contributed by atoms with van der Waals surface area (Å²) in [4.78, 5) is 49.4. The predicted octanol–water partition coefficient (Wildman–Crippen LogP) is 0.868. The van der Waals surface area contributed by atoms with Crippen LogP contribution in [-0.4, -0.2) is 87.7 Å². The summed E-state index contributed by atoms with van der Waals surface area (Å²) in [5, 5.41) is 29.9. The van der Waals surface area contributed by atoms with Gasteiger partial charge in [-0.1, -0.05) is 29.1 Å². The van der Waals surface area contributed by atoms with E-state index in [4.69, 9.17) is 10.6 Å². The zero-order valence-electron chi connectivity index (χ0n) is 20.3. The Hall–Kier alpha value is -3.70. The van der Waals surface area contributed by atoms with Crippen LogP contribution in [0.5, 0.6) is 0 Å². The summed E-state index contributed by atoms with van der Waals surface area (Å²) >= 11 is 3.77. The van der Waals surface area contributed by atoms with Gasteiger partial charge in [0.25, 0.3) is 11.8 Å². The lowest BCUT2D eigenvalue weighted by Gasteiger charge is -2.49. The van der Waals surface area contributed by atoms with Crippen molar-refractivity contribution in [2.45, 2.75) is 42.1 Å². The van der Waals surface area contributed by atoms with E-state index < -0.39 is 29.2 Å². The van der Waals surface area contributed by atoms with Crippen LogP contribution in [0.25, 0.3) is 0 Å². The molecule has 4 N–H and O–H groups in total. The van der Waals surface area contributed by atoms with Crippen molar-refractivity contribution in [3.05, 3.63) is 47.2 Å². The van der Waals surface area contributed by atoms with Crippen molar-refractivity contribution in [3.8, 4) is 0 Å². The third kappa shape index (κ3) is 5.55. The van der Waals surface area contributed by atoms with E-state index in [1.165, 1.54) is 28.4 Å². The lowest BCUT2D eigenvalue weighted by atomic mass is 10.0. The van der Waals surface area contributed by atoms with Crippen molar-refractivity contribution >= 4 is 63.5 Å². The number of aliphatic carboxylic acids is 1. The number of β-lactam (4-membered cyclic amide) rings is 1. The molecule has 4 heterocycles. The molecule has 204 valence electrons. The largest absolute Gasteiger partial charge is 0.477 e. The molecule has 17 heteroatoms. The number of carbonyl (C=O) groups excluding carboxylic acids is 2. The van der Waals surface area contributed by atoms with Gasteiger partial charge in [0.2, 0.25) is 5.16 Å². The van der Waals surface area contributed by atoms with Gasteiger partial charge in [-0.25, -0.2) is 14.5 Å². The number of fused-ring (bicyclic) bond motifs is 1. The van der Waals surface area contributed by atoms with E-state index in [0.29, 0.717) is 23.0 Å². The number of thioether (sulfide) groups is 2. The fourth-order valence-electron chi connectivity index (χ4n) is 4.11. The molecule has 5 rings (SSSR count). The van der Waals surface area contributed by atoms with Gasteiger partial charge in [-0.2, -0.15) is 0 Å². The maximum atomic E-state index is 13.2. The zero-order chi connectivity index (χ0) is 27.5. The molecule has 3 aliphatic rings. The van der Waals surface area contributed by atoms with E-state index in [1.54, 1.807) is 16.1 Å². The van der Waals surface area contributed by atoms with Gasteiger partial charge < -0.3 is 21.0 Å². The summed E-state index contributed by atoms with van der Waals surface area (Å²) in [5.74, 6) is -1.81. The monoisotopic (exact) mass is 589 g/mol. The molecule has 0 aromatic carbocycles. The van der Waals surface area contributed by atoms with Gasteiger partial charge >= 0.3 is 5.97 Å². The molecule has 0 spiro atoms. The Morgan fingerprint density at radius 1 is 1.44 bits per heavy atom. The Bertz CT molecular complexity index is 1400. The Balaban J connectivity index is 1.30. The molecule has 14 nitrogen and oxygen atoms in total. The molecule has 2 aromatic heterocycles. The number of aromatic nitrogens is 5. The van der Waals surface area contributed by atoms with Gasteiger partial charge in [-0.3, -0.25) is 14.5 Å². The molecule has 2 amide bonds. The number of anilines is 1. The first-order valence-corrected chi connectivity index (χ1v) is 14.6. The number of carboxylic acid groups (broad SMARTS) is 1. The number of nitrogens with zero attached hydrogens (tertiary/aromatic N) is 7. The summed E-state index contributed by atoms with van der Waals surface area (Å²) in [5.41, 5.74) is 6.31. The third-order valence-electron chi connectivity index (χ3n) is 5.94. The molecule has 0 radical (unpaired) electrons.